The summed E-state index contributed by atoms with van der Waals surface area (Å²) in [5, 5.41) is 1.24. The first-order chi connectivity index (χ1) is 7.31. The third-order valence-corrected chi connectivity index (χ3v) is 3.43. The van der Waals surface area contributed by atoms with Crippen LogP contribution >= 0.6 is 0 Å². The van der Waals surface area contributed by atoms with Gasteiger partial charge in [-0.1, -0.05) is 19.1 Å². The predicted octanol–water partition coefficient (Wildman–Crippen LogP) is 3.03. The highest BCUT2D eigenvalue weighted by Crippen LogP contribution is 2.38. The highest BCUT2D eigenvalue weighted by atomic mass is 16.1. The average molecular weight is 199 g/mol. The first-order valence-corrected chi connectivity index (χ1v) is 5.40. The summed E-state index contributed by atoms with van der Waals surface area (Å²) in [6, 6.07) is 5.94. The summed E-state index contributed by atoms with van der Waals surface area (Å²) in [6.07, 6.45) is 3.27. The van der Waals surface area contributed by atoms with Crippen molar-refractivity contribution in [2.45, 2.75) is 25.7 Å². The zero-order valence-corrected chi connectivity index (χ0v) is 8.71. The molecule has 3 rings (SSSR count). The van der Waals surface area contributed by atoms with Crippen LogP contribution in [0.2, 0.25) is 0 Å². The fourth-order valence-electron chi connectivity index (χ4n) is 2.68. The smallest absolute Gasteiger partial charge is 0.152 e. The van der Waals surface area contributed by atoms with E-state index in [0.717, 1.165) is 23.8 Å². The van der Waals surface area contributed by atoms with Crippen LogP contribution in [0.15, 0.2) is 18.2 Å². The first kappa shape index (κ1) is 8.72. The maximum Gasteiger partial charge on any atom is 0.152 e. The van der Waals surface area contributed by atoms with Crippen LogP contribution in [-0.4, -0.2) is 11.3 Å². The number of aromatic amines is 1. The summed E-state index contributed by atoms with van der Waals surface area (Å²) < 4.78 is 0. The van der Waals surface area contributed by atoms with Crippen molar-refractivity contribution in [1.29, 1.82) is 0 Å². The second kappa shape index (κ2) is 2.96. The van der Waals surface area contributed by atoms with Crippen LogP contribution in [0.1, 0.15) is 40.9 Å². The van der Waals surface area contributed by atoms with Gasteiger partial charge in [0.15, 0.2) is 6.29 Å². The number of H-pyrrole nitrogens is 1. The zero-order chi connectivity index (χ0) is 10.4. The standard InChI is InChI=1S/C13H13NO/c1-8-5-6-11-12(8)10-4-2-3-9(7-15)13(10)14-11/h2-4,7-8,14H,5-6H2,1H3/t8-/m0/s1. The van der Waals surface area contributed by atoms with Gasteiger partial charge < -0.3 is 4.98 Å². The highest BCUT2D eigenvalue weighted by molar-refractivity contribution is 5.98. The number of fused-ring (bicyclic) bond motifs is 3. The van der Waals surface area contributed by atoms with Gasteiger partial charge in [-0.2, -0.15) is 0 Å². The number of para-hydroxylation sites is 1. The van der Waals surface area contributed by atoms with Crippen LogP contribution < -0.4 is 0 Å². The number of aryl methyl sites for hydroxylation is 1. The van der Waals surface area contributed by atoms with E-state index in [9.17, 15) is 4.79 Å². The molecule has 0 unspecified atom stereocenters. The summed E-state index contributed by atoms with van der Waals surface area (Å²) in [7, 11) is 0. The molecule has 1 heterocycles. The molecule has 1 N–H and O–H groups in total. The Bertz CT molecular complexity index is 539. The van der Waals surface area contributed by atoms with Crippen LogP contribution in [0.5, 0.6) is 0 Å². The Labute approximate surface area is 88.3 Å². The van der Waals surface area contributed by atoms with Gasteiger partial charge in [0.25, 0.3) is 0 Å². The third-order valence-electron chi connectivity index (χ3n) is 3.43. The van der Waals surface area contributed by atoms with Crippen molar-refractivity contribution in [2.24, 2.45) is 0 Å². The normalized spacial score (nSPS) is 19.4. The Morgan fingerprint density at radius 2 is 2.33 bits per heavy atom. The molecule has 0 saturated carbocycles. The molecule has 0 aliphatic heterocycles. The minimum Gasteiger partial charge on any atom is -0.358 e. The Morgan fingerprint density at radius 3 is 3.13 bits per heavy atom. The van der Waals surface area contributed by atoms with Gasteiger partial charge in [-0.25, -0.2) is 0 Å². The lowest BCUT2D eigenvalue weighted by Crippen LogP contribution is -1.86. The molecule has 1 aromatic heterocycles. The largest absolute Gasteiger partial charge is 0.358 e. The Morgan fingerprint density at radius 1 is 1.47 bits per heavy atom. The van der Waals surface area contributed by atoms with E-state index in [2.05, 4.69) is 18.0 Å². The molecule has 0 saturated heterocycles. The van der Waals surface area contributed by atoms with Crippen molar-refractivity contribution in [3.8, 4) is 0 Å². The van der Waals surface area contributed by atoms with Crippen molar-refractivity contribution < 1.29 is 4.79 Å². The van der Waals surface area contributed by atoms with Crippen molar-refractivity contribution in [1.82, 2.24) is 4.98 Å². The molecule has 0 spiro atoms. The number of nitrogens with one attached hydrogen (secondary N) is 1. The average Bonchev–Trinajstić information content (AvgIpc) is 2.78. The maximum atomic E-state index is 10.9. The van der Waals surface area contributed by atoms with Crippen molar-refractivity contribution in [3.05, 3.63) is 35.0 Å². The number of aldehydes is 1. The van der Waals surface area contributed by atoms with E-state index < -0.39 is 0 Å². The summed E-state index contributed by atoms with van der Waals surface area (Å²) in [4.78, 5) is 14.3. The predicted molar refractivity (Wildman–Crippen MR) is 60.4 cm³/mol. The van der Waals surface area contributed by atoms with Gasteiger partial charge in [-0.3, -0.25) is 4.79 Å². The Kier molecular flexibility index (Phi) is 1.72. The molecule has 1 aliphatic rings. The third kappa shape index (κ3) is 1.08. The first-order valence-electron chi connectivity index (χ1n) is 5.40. The van der Waals surface area contributed by atoms with Crippen molar-refractivity contribution >= 4 is 17.2 Å². The van der Waals surface area contributed by atoms with E-state index in [1.165, 1.54) is 23.1 Å². The summed E-state index contributed by atoms with van der Waals surface area (Å²) in [5.74, 6) is 0.621. The van der Waals surface area contributed by atoms with Gasteiger partial charge >= 0.3 is 0 Å². The summed E-state index contributed by atoms with van der Waals surface area (Å²) in [5.41, 5.74) is 4.54. The SMILES string of the molecule is C[C@H]1CCc2[nH]c3c(C=O)cccc3c21. The topological polar surface area (TPSA) is 32.9 Å². The maximum absolute atomic E-state index is 10.9. The number of hydrogen-bond donors (Lipinski definition) is 1. The lowest BCUT2D eigenvalue weighted by Gasteiger charge is -2.02. The lowest BCUT2D eigenvalue weighted by atomic mass is 10.0. The monoisotopic (exact) mass is 199 g/mol. The molecular weight excluding hydrogens is 186 g/mol. The number of carbonyl (C=O) groups is 1. The molecule has 0 bridgehead atoms. The molecule has 1 aliphatic carbocycles. The van der Waals surface area contributed by atoms with E-state index in [4.69, 9.17) is 0 Å². The van der Waals surface area contributed by atoms with Crippen LogP contribution in [0, 0.1) is 0 Å². The van der Waals surface area contributed by atoms with Crippen molar-refractivity contribution in [2.75, 3.05) is 0 Å². The minimum atomic E-state index is 0.621. The van der Waals surface area contributed by atoms with Crippen LogP contribution in [0.4, 0.5) is 0 Å². The quantitative estimate of drug-likeness (QED) is 0.703. The molecule has 0 amide bonds. The second-order valence-electron chi connectivity index (χ2n) is 4.34. The number of aromatic nitrogens is 1. The fourth-order valence-corrected chi connectivity index (χ4v) is 2.68. The van der Waals surface area contributed by atoms with Gasteiger partial charge in [-0.05, 0) is 30.4 Å². The molecule has 1 aromatic carbocycles. The van der Waals surface area contributed by atoms with Crippen LogP contribution in [-0.2, 0) is 6.42 Å². The van der Waals surface area contributed by atoms with E-state index in [-0.39, 0.29) is 0 Å². The Balaban J connectivity index is 2.39. The number of rotatable bonds is 1. The van der Waals surface area contributed by atoms with Gasteiger partial charge in [0.1, 0.15) is 0 Å². The van der Waals surface area contributed by atoms with Crippen LogP contribution in [0.25, 0.3) is 10.9 Å². The molecule has 0 fully saturated rings. The minimum absolute atomic E-state index is 0.621. The summed E-state index contributed by atoms with van der Waals surface area (Å²) in [6.45, 7) is 2.26. The molecule has 2 aromatic rings. The van der Waals surface area contributed by atoms with E-state index in [1.54, 1.807) is 0 Å². The number of carbonyl (C=O) groups excluding carboxylic acids is 1. The van der Waals surface area contributed by atoms with Crippen LogP contribution in [0.3, 0.4) is 0 Å². The molecule has 2 nitrogen and oxygen atoms in total. The lowest BCUT2D eigenvalue weighted by molar-refractivity contribution is 0.112. The molecule has 1 atom stereocenters. The molecular formula is C13H13NO. The zero-order valence-electron chi connectivity index (χ0n) is 8.71. The molecule has 15 heavy (non-hydrogen) atoms. The summed E-state index contributed by atoms with van der Waals surface area (Å²) >= 11 is 0. The molecule has 2 heteroatoms. The molecule has 0 radical (unpaired) electrons. The van der Waals surface area contributed by atoms with Gasteiger partial charge in [-0.15, -0.1) is 0 Å². The molecule has 76 valence electrons. The van der Waals surface area contributed by atoms with Gasteiger partial charge in [0.05, 0.1) is 5.52 Å². The van der Waals surface area contributed by atoms with Crippen molar-refractivity contribution in [3.63, 3.8) is 0 Å². The fraction of sp³-hybridized carbons (Fsp3) is 0.308. The van der Waals surface area contributed by atoms with E-state index in [1.807, 2.05) is 12.1 Å². The second-order valence-corrected chi connectivity index (χ2v) is 4.34. The van der Waals surface area contributed by atoms with E-state index >= 15 is 0 Å². The van der Waals surface area contributed by atoms with Gasteiger partial charge in [0.2, 0.25) is 0 Å². The van der Waals surface area contributed by atoms with E-state index in [0.29, 0.717) is 5.92 Å². The number of benzene rings is 1. The highest BCUT2D eigenvalue weighted by Gasteiger charge is 2.23. The van der Waals surface area contributed by atoms with Gasteiger partial charge in [0, 0.05) is 16.6 Å². The Hall–Kier alpha value is -1.57. The number of hydrogen-bond acceptors (Lipinski definition) is 1.